The monoisotopic (exact) mass is 695 g/mol. The van der Waals surface area contributed by atoms with Gasteiger partial charge in [-0.15, -0.1) is 0 Å². The molecule has 0 fully saturated rings. The van der Waals surface area contributed by atoms with Crippen molar-refractivity contribution in [3.8, 4) is 0 Å². The van der Waals surface area contributed by atoms with Crippen molar-refractivity contribution in [2.75, 3.05) is 93.3 Å². The molecule has 0 aromatic heterocycles. The standard InChI is InChI=1S/C28H56NO10.8CH4/c1-9-27(30)36-16-15-33-20-24(4)38-21-25(5)34-14-12-29(7,8)11-13-32-19-23(3)39-22-26(6)35-17-18-37-28(31)10-2;;;;;;;;/h23-26H,9-22H2,1-8H3;8*1H4/q+1;;;;;;;;. The third kappa shape index (κ3) is 44.7. The van der Waals surface area contributed by atoms with Crippen LogP contribution >= 0.6 is 0 Å². The molecule has 4 unspecified atom stereocenters. The molecule has 4 atom stereocenters. The molecule has 0 N–H and O–H groups in total. The molecule has 0 aliphatic rings. The van der Waals surface area contributed by atoms with Crippen molar-refractivity contribution in [2.45, 2.75) is 138 Å². The van der Waals surface area contributed by atoms with Crippen LogP contribution in [0, 0.1) is 0 Å². The Bertz CT molecular complexity index is 623. The minimum atomic E-state index is -0.221. The maximum absolute atomic E-state index is 11.1. The zero-order valence-electron chi connectivity index (χ0n) is 25.7. The summed E-state index contributed by atoms with van der Waals surface area (Å²) in [6.07, 6.45) is 0.521. The molecule has 0 aromatic carbocycles. The largest absolute Gasteiger partial charge is 0.463 e. The second kappa shape index (κ2) is 42.7. The minimum Gasteiger partial charge on any atom is -0.463 e. The normalized spacial score (nSPS) is 12.4. The predicted octanol–water partition coefficient (Wildman–Crippen LogP) is 7.71. The molecule has 11 heteroatoms. The van der Waals surface area contributed by atoms with Crippen LogP contribution in [0.4, 0.5) is 0 Å². The number of likely N-dealkylation sites (N-methyl/N-ethyl adjacent to an activating group) is 1. The van der Waals surface area contributed by atoms with Gasteiger partial charge in [0.1, 0.15) is 26.3 Å². The van der Waals surface area contributed by atoms with Gasteiger partial charge in [-0.2, -0.15) is 0 Å². The topological polar surface area (TPSA) is 108 Å². The quantitative estimate of drug-likeness (QED) is 0.0508. The Labute approximate surface area is 295 Å². The Hall–Kier alpha value is -1.34. The number of carbonyl (C=O) groups is 2. The van der Waals surface area contributed by atoms with Crippen LogP contribution in [0.15, 0.2) is 0 Å². The average Bonchev–Trinajstić information content (AvgIpc) is 2.90. The zero-order valence-corrected chi connectivity index (χ0v) is 25.7. The van der Waals surface area contributed by atoms with Gasteiger partial charge < -0.3 is 42.4 Å². The van der Waals surface area contributed by atoms with Gasteiger partial charge in [-0.05, 0) is 27.7 Å². The summed E-state index contributed by atoms with van der Waals surface area (Å²) >= 11 is 0. The highest BCUT2D eigenvalue weighted by molar-refractivity contribution is 5.69. The Morgan fingerprint density at radius 3 is 1.23 bits per heavy atom. The van der Waals surface area contributed by atoms with Gasteiger partial charge in [0.15, 0.2) is 0 Å². The Balaban J connectivity index is -0.000000258. The lowest BCUT2D eigenvalue weighted by Crippen LogP contribution is -2.45. The number of carbonyl (C=O) groups excluding carboxylic acids is 2. The van der Waals surface area contributed by atoms with Crippen LogP contribution in [-0.4, -0.2) is 134 Å². The summed E-state index contributed by atoms with van der Waals surface area (Å²) in [5.74, 6) is -0.442. The summed E-state index contributed by atoms with van der Waals surface area (Å²) in [6, 6.07) is 0. The lowest BCUT2D eigenvalue weighted by Gasteiger charge is -2.30. The van der Waals surface area contributed by atoms with E-state index in [1.165, 1.54) is 0 Å². The van der Waals surface area contributed by atoms with Crippen LogP contribution in [0.25, 0.3) is 0 Å². The third-order valence-electron chi connectivity index (χ3n) is 5.69. The lowest BCUT2D eigenvalue weighted by molar-refractivity contribution is -0.891. The number of quaternary nitrogens is 1. The van der Waals surface area contributed by atoms with Gasteiger partial charge in [0, 0.05) is 12.8 Å². The second-order valence-electron chi connectivity index (χ2n) is 10.3. The molecule has 296 valence electrons. The van der Waals surface area contributed by atoms with Crippen LogP contribution in [-0.2, 0) is 47.5 Å². The number of rotatable bonds is 26. The fraction of sp³-hybridized carbons (Fsp3) is 0.944. The average molecular weight is 695 g/mol. The van der Waals surface area contributed by atoms with E-state index in [1.54, 1.807) is 13.8 Å². The van der Waals surface area contributed by atoms with E-state index in [0.29, 0.717) is 65.7 Å². The molecule has 0 bridgehead atoms. The highest BCUT2D eigenvalue weighted by atomic mass is 16.6. The van der Waals surface area contributed by atoms with Crippen LogP contribution in [0.3, 0.4) is 0 Å². The molecule has 11 nitrogen and oxygen atoms in total. The molecule has 0 spiro atoms. The van der Waals surface area contributed by atoms with E-state index in [-0.39, 0.29) is 109 Å². The first-order valence-corrected chi connectivity index (χ1v) is 14.2. The third-order valence-corrected chi connectivity index (χ3v) is 5.69. The van der Waals surface area contributed by atoms with Gasteiger partial charge in [-0.3, -0.25) is 9.59 Å². The molecule has 47 heavy (non-hydrogen) atoms. The first-order valence-electron chi connectivity index (χ1n) is 14.2. The van der Waals surface area contributed by atoms with Gasteiger partial charge in [0.05, 0.1) is 91.4 Å². The van der Waals surface area contributed by atoms with E-state index < -0.39 is 0 Å². The Morgan fingerprint density at radius 1 is 0.468 bits per heavy atom. The maximum atomic E-state index is 11.1. The number of nitrogens with zero attached hydrogens (tertiary/aromatic N) is 1. The molecular formula is C36H88NO10+. The lowest BCUT2D eigenvalue weighted by atomic mass is 10.4. The summed E-state index contributed by atoms with van der Waals surface area (Å²) in [5.41, 5.74) is 0. The van der Waals surface area contributed by atoms with Crippen molar-refractivity contribution in [1.82, 2.24) is 0 Å². The highest BCUT2D eigenvalue weighted by Crippen LogP contribution is 2.03. The predicted molar refractivity (Wildman–Crippen MR) is 201 cm³/mol. The van der Waals surface area contributed by atoms with E-state index in [1.807, 2.05) is 27.7 Å². The number of hydrogen-bond acceptors (Lipinski definition) is 10. The van der Waals surface area contributed by atoms with Gasteiger partial charge in [-0.25, -0.2) is 0 Å². The van der Waals surface area contributed by atoms with Crippen LogP contribution in [0.5, 0.6) is 0 Å². The van der Waals surface area contributed by atoms with Gasteiger partial charge >= 0.3 is 11.9 Å². The van der Waals surface area contributed by atoms with Crippen molar-refractivity contribution < 1.29 is 52.0 Å². The number of esters is 2. The first-order chi connectivity index (χ1) is 18.5. The molecule has 0 heterocycles. The van der Waals surface area contributed by atoms with E-state index in [2.05, 4.69) is 14.1 Å². The fourth-order valence-corrected chi connectivity index (χ4v) is 3.04. The summed E-state index contributed by atoms with van der Waals surface area (Å²) in [6.45, 7) is 17.5. The van der Waals surface area contributed by atoms with Crippen molar-refractivity contribution in [2.24, 2.45) is 0 Å². The molecule has 0 aromatic rings. The zero-order chi connectivity index (χ0) is 29.5. The molecule has 0 amide bonds. The molecular weight excluding hydrogens is 606 g/mol. The van der Waals surface area contributed by atoms with E-state index in [9.17, 15) is 9.59 Å². The SMILES string of the molecule is C.C.C.C.C.C.C.C.CCC(=O)OCCOCC(C)OCC(C)OCC[N+](C)(C)CCOCC(C)OCC(C)OCCOC(=O)CC. The van der Waals surface area contributed by atoms with Gasteiger partial charge in [0.2, 0.25) is 0 Å². The minimum absolute atomic E-state index is 0. The summed E-state index contributed by atoms with van der Waals surface area (Å²) < 4.78 is 45.1. The summed E-state index contributed by atoms with van der Waals surface area (Å²) in [7, 11) is 4.31. The van der Waals surface area contributed by atoms with Crippen molar-refractivity contribution in [1.29, 1.82) is 0 Å². The molecule has 0 rings (SSSR count). The van der Waals surface area contributed by atoms with E-state index in [0.717, 1.165) is 17.6 Å². The Morgan fingerprint density at radius 2 is 0.809 bits per heavy atom. The summed E-state index contributed by atoms with van der Waals surface area (Å²) in [5, 5.41) is 0. The second-order valence-corrected chi connectivity index (χ2v) is 10.3. The summed E-state index contributed by atoms with van der Waals surface area (Å²) in [4.78, 5) is 22.2. The smallest absolute Gasteiger partial charge is 0.305 e. The van der Waals surface area contributed by atoms with Gasteiger partial charge in [-0.1, -0.05) is 73.3 Å². The number of ether oxygens (including phenoxy) is 8. The Kier molecular flexibility index (Phi) is 61.5. The van der Waals surface area contributed by atoms with Gasteiger partial charge in [0.25, 0.3) is 0 Å². The van der Waals surface area contributed by atoms with Crippen LogP contribution in [0.1, 0.15) is 114 Å². The van der Waals surface area contributed by atoms with Crippen molar-refractivity contribution in [3.05, 3.63) is 0 Å². The molecule has 0 saturated carbocycles. The van der Waals surface area contributed by atoms with Crippen LogP contribution in [0.2, 0.25) is 0 Å². The van der Waals surface area contributed by atoms with Crippen molar-refractivity contribution >= 4 is 11.9 Å². The van der Waals surface area contributed by atoms with E-state index in [4.69, 9.17) is 37.9 Å². The molecule has 0 aliphatic carbocycles. The van der Waals surface area contributed by atoms with E-state index >= 15 is 0 Å². The fourth-order valence-electron chi connectivity index (χ4n) is 3.04. The molecule has 0 saturated heterocycles. The number of hydrogen-bond donors (Lipinski definition) is 0. The van der Waals surface area contributed by atoms with Crippen molar-refractivity contribution in [3.63, 3.8) is 0 Å². The maximum Gasteiger partial charge on any atom is 0.305 e. The highest BCUT2D eigenvalue weighted by Gasteiger charge is 2.17. The molecule has 0 aliphatic heterocycles. The first kappa shape index (κ1) is 67.8. The van der Waals surface area contributed by atoms with Crippen LogP contribution < -0.4 is 0 Å². The molecule has 0 radical (unpaired) electrons.